The number of benzene rings is 1. The molecule has 1 aromatic carbocycles. The smallest absolute Gasteiger partial charge is 0.130 e. The van der Waals surface area contributed by atoms with Gasteiger partial charge in [0, 0.05) is 30.8 Å². The fourth-order valence-corrected chi connectivity index (χ4v) is 2.69. The number of hydrogen-bond acceptors (Lipinski definition) is 3. The molecule has 19 heavy (non-hydrogen) atoms. The Morgan fingerprint density at radius 2 is 2.11 bits per heavy atom. The average molecular weight is 258 g/mol. The number of aryl methyl sites for hydroxylation is 3. The van der Waals surface area contributed by atoms with E-state index in [1.807, 2.05) is 45.3 Å². The molecule has 1 aliphatic heterocycles. The first-order valence-corrected chi connectivity index (χ1v) is 6.50. The fraction of sp³-hybridized carbons (Fsp3) is 0.400. The number of ether oxygens (including phenoxy) is 1. The van der Waals surface area contributed by atoms with Gasteiger partial charge in [-0.15, -0.1) is 0 Å². The Balaban J connectivity index is 1.97. The molecule has 0 radical (unpaired) electrons. The Labute approximate surface area is 112 Å². The topological polar surface area (TPSA) is 47.3 Å². The van der Waals surface area contributed by atoms with Gasteiger partial charge in [-0.2, -0.15) is 5.10 Å². The SMILES string of the molecule is Cc1ccc2c(c1)C(O)CC(c1cn(C)nc1C)O2. The highest BCUT2D eigenvalue weighted by atomic mass is 16.5. The van der Waals surface area contributed by atoms with E-state index < -0.39 is 6.10 Å². The van der Waals surface area contributed by atoms with Crippen molar-refractivity contribution in [2.45, 2.75) is 32.5 Å². The summed E-state index contributed by atoms with van der Waals surface area (Å²) in [5, 5.41) is 14.6. The quantitative estimate of drug-likeness (QED) is 0.855. The van der Waals surface area contributed by atoms with Crippen LogP contribution in [0.25, 0.3) is 0 Å². The molecule has 2 unspecified atom stereocenters. The van der Waals surface area contributed by atoms with Crippen LogP contribution in [-0.4, -0.2) is 14.9 Å². The van der Waals surface area contributed by atoms with Crippen molar-refractivity contribution >= 4 is 0 Å². The summed E-state index contributed by atoms with van der Waals surface area (Å²) in [5.74, 6) is 0.776. The maximum Gasteiger partial charge on any atom is 0.130 e. The third kappa shape index (κ3) is 2.12. The van der Waals surface area contributed by atoms with Gasteiger partial charge in [0.2, 0.25) is 0 Å². The van der Waals surface area contributed by atoms with Gasteiger partial charge in [-0.3, -0.25) is 4.68 Å². The van der Waals surface area contributed by atoms with Crippen molar-refractivity contribution in [2.24, 2.45) is 7.05 Å². The summed E-state index contributed by atoms with van der Waals surface area (Å²) in [5.41, 5.74) is 4.03. The fourth-order valence-electron chi connectivity index (χ4n) is 2.69. The van der Waals surface area contributed by atoms with Crippen molar-refractivity contribution in [2.75, 3.05) is 0 Å². The Hall–Kier alpha value is -1.81. The molecule has 0 fully saturated rings. The van der Waals surface area contributed by atoms with Gasteiger partial charge in [0.25, 0.3) is 0 Å². The lowest BCUT2D eigenvalue weighted by Gasteiger charge is -2.29. The van der Waals surface area contributed by atoms with Crippen molar-refractivity contribution < 1.29 is 9.84 Å². The van der Waals surface area contributed by atoms with Crippen LogP contribution in [0.5, 0.6) is 5.75 Å². The third-order valence-electron chi connectivity index (χ3n) is 3.63. The van der Waals surface area contributed by atoms with Crippen LogP contribution in [0, 0.1) is 13.8 Å². The molecule has 0 bridgehead atoms. The zero-order chi connectivity index (χ0) is 13.6. The standard InChI is InChI=1S/C15H18N2O2/c1-9-4-5-14-11(6-9)13(18)7-15(19-14)12-8-17(3)16-10(12)2/h4-6,8,13,15,18H,7H2,1-3H3. The van der Waals surface area contributed by atoms with E-state index in [4.69, 9.17) is 4.74 Å². The molecule has 4 nitrogen and oxygen atoms in total. The normalized spacial score (nSPS) is 21.9. The summed E-state index contributed by atoms with van der Waals surface area (Å²) < 4.78 is 7.81. The lowest BCUT2D eigenvalue weighted by molar-refractivity contribution is 0.0654. The first-order chi connectivity index (χ1) is 9.04. The van der Waals surface area contributed by atoms with Gasteiger partial charge < -0.3 is 9.84 Å². The summed E-state index contributed by atoms with van der Waals surface area (Å²) >= 11 is 0. The zero-order valence-electron chi connectivity index (χ0n) is 11.4. The van der Waals surface area contributed by atoms with Crippen LogP contribution in [0.3, 0.4) is 0 Å². The maximum absolute atomic E-state index is 10.3. The number of nitrogens with zero attached hydrogens (tertiary/aromatic N) is 2. The highest BCUT2D eigenvalue weighted by Crippen LogP contribution is 2.41. The van der Waals surface area contributed by atoms with Crippen LogP contribution >= 0.6 is 0 Å². The molecule has 3 rings (SSSR count). The first-order valence-electron chi connectivity index (χ1n) is 6.50. The number of rotatable bonds is 1. The minimum absolute atomic E-state index is 0.126. The van der Waals surface area contributed by atoms with Gasteiger partial charge in [0.15, 0.2) is 0 Å². The number of aromatic nitrogens is 2. The molecule has 1 N–H and O–H groups in total. The zero-order valence-corrected chi connectivity index (χ0v) is 11.4. The highest BCUT2D eigenvalue weighted by molar-refractivity contribution is 5.41. The molecule has 2 aromatic rings. The van der Waals surface area contributed by atoms with Crippen LogP contribution in [0.4, 0.5) is 0 Å². The highest BCUT2D eigenvalue weighted by Gasteiger charge is 2.29. The molecular formula is C15H18N2O2. The van der Waals surface area contributed by atoms with Crippen molar-refractivity contribution in [1.82, 2.24) is 9.78 Å². The van der Waals surface area contributed by atoms with Gasteiger partial charge in [-0.1, -0.05) is 11.6 Å². The van der Waals surface area contributed by atoms with Gasteiger partial charge in [0.05, 0.1) is 11.8 Å². The predicted octanol–water partition coefficient (Wildman–Crippen LogP) is 2.59. The molecule has 0 amide bonds. The molecular weight excluding hydrogens is 240 g/mol. The van der Waals surface area contributed by atoms with Crippen LogP contribution in [0.1, 0.15) is 41.0 Å². The van der Waals surface area contributed by atoms with E-state index >= 15 is 0 Å². The van der Waals surface area contributed by atoms with Crippen molar-refractivity contribution in [3.63, 3.8) is 0 Å². The number of aliphatic hydroxyl groups is 1. The lowest BCUT2D eigenvalue weighted by atomic mass is 9.94. The number of fused-ring (bicyclic) bond motifs is 1. The molecule has 4 heteroatoms. The Morgan fingerprint density at radius 1 is 1.32 bits per heavy atom. The van der Waals surface area contributed by atoms with Crippen LogP contribution < -0.4 is 4.74 Å². The van der Waals surface area contributed by atoms with Crippen LogP contribution in [0.15, 0.2) is 24.4 Å². The summed E-state index contributed by atoms with van der Waals surface area (Å²) in [4.78, 5) is 0. The predicted molar refractivity (Wildman–Crippen MR) is 72.1 cm³/mol. The summed E-state index contributed by atoms with van der Waals surface area (Å²) in [6, 6.07) is 5.93. The molecule has 0 saturated heterocycles. The van der Waals surface area contributed by atoms with Crippen molar-refractivity contribution in [1.29, 1.82) is 0 Å². The van der Waals surface area contributed by atoms with Crippen LogP contribution in [-0.2, 0) is 7.05 Å². The molecule has 100 valence electrons. The molecule has 2 atom stereocenters. The van der Waals surface area contributed by atoms with E-state index in [-0.39, 0.29) is 6.10 Å². The van der Waals surface area contributed by atoms with E-state index in [2.05, 4.69) is 5.10 Å². The van der Waals surface area contributed by atoms with E-state index in [0.29, 0.717) is 6.42 Å². The van der Waals surface area contributed by atoms with Crippen LogP contribution in [0.2, 0.25) is 0 Å². The average Bonchev–Trinajstić information content (AvgIpc) is 2.69. The largest absolute Gasteiger partial charge is 0.485 e. The second kappa shape index (κ2) is 4.38. The minimum atomic E-state index is -0.478. The van der Waals surface area contributed by atoms with E-state index in [1.54, 1.807) is 4.68 Å². The molecule has 0 spiro atoms. The van der Waals surface area contributed by atoms with E-state index in [9.17, 15) is 5.11 Å². The molecule has 1 aromatic heterocycles. The molecule has 2 heterocycles. The molecule has 0 saturated carbocycles. The Kier molecular flexibility index (Phi) is 2.82. The lowest BCUT2D eigenvalue weighted by Crippen LogP contribution is -2.19. The molecule has 1 aliphatic rings. The maximum atomic E-state index is 10.3. The summed E-state index contributed by atoms with van der Waals surface area (Å²) in [6.07, 6.45) is 1.93. The monoisotopic (exact) mass is 258 g/mol. The van der Waals surface area contributed by atoms with Gasteiger partial charge in [-0.05, 0) is 26.0 Å². The Morgan fingerprint density at radius 3 is 2.79 bits per heavy atom. The third-order valence-corrected chi connectivity index (χ3v) is 3.63. The first kappa shape index (κ1) is 12.2. The second-order valence-corrected chi connectivity index (χ2v) is 5.24. The van der Waals surface area contributed by atoms with Crippen molar-refractivity contribution in [3.05, 3.63) is 46.8 Å². The van der Waals surface area contributed by atoms with Gasteiger partial charge in [0.1, 0.15) is 11.9 Å². The van der Waals surface area contributed by atoms with Gasteiger partial charge >= 0.3 is 0 Å². The summed E-state index contributed by atoms with van der Waals surface area (Å²) in [6.45, 7) is 3.99. The summed E-state index contributed by atoms with van der Waals surface area (Å²) in [7, 11) is 1.90. The number of aliphatic hydroxyl groups excluding tert-OH is 1. The van der Waals surface area contributed by atoms with E-state index in [1.165, 1.54) is 0 Å². The second-order valence-electron chi connectivity index (χ2n) is 5.24. The minimum Gasteiger partial charge on any atom is -0.485 e. The van der Waals surface area contributed by atoms with Gasteiger partial charge in [-0.25, -0.2) is 0 Å². The Bertz CT molecular complexity index is 619. The van der Waals surface area contributed by atoms with Crippen molar-refractivity contribution in [3.8, 4) is 5.75 Å². The number of hydrogen-bond donors (Lipinski definition) is 1. The molecule has 0 aliphatic carbocycles. The van der Waals surface area contributed by atoms with E-state index in [0.717, 1.165) is 28.1 Å².